The van der Waals surface area contributed by atoms with Crippen molar-refractivity contribution in [3.8, 4) is 0 Å². The van der Waals surface area contributed by atoms with Gasteiger partial charge in [-0.25, -0.2) is 0 Å². The average Bonchev–Trinajstić information content (AvgIpc) is 3.15. The van der Waals surface area contributed by atoms with Crippen LogP contribution < -0.4 is 0 Å². The molecule has 0 N–H and O–H groups in total. The van der Waals surface area contributed by atoms with Gasteiger partial charge in [-0.2, -0.15) is 0 Å². The largest absolute Gasteiger partial charge is 0.295 e. The highest BCUT2D eigenvalue weighted by atomic mass is 79.9. The van der Waals surface area contributed by atoms with Gasteiger partial charge in [-0.15, -0.1) is 11.3 Å². The second-order valence-corrected chi connectivity index (χ2v) is 7.71. The Morgan fingerprint density at radius 1 is 1.24 bits per heavy atom. The number of nitrogens with zero attached hydrogens (tertiary/aromatic N) is 1. The summed E-state index contributed by atoms with van der Waals surface area (Å²) in [7, 11) is 0. The van der Waals surface area contributed by atoms with E-state index in [1.807, 2.05) is 6.07 Å². The molecule has 21 heavy (non-hydrogen) atoms. The molecule has 0 spiro atoms. The molecule has 0 saturated carbocycles. The van der Waals surface area contributed by atoms with Gasteiger partial charge in [-0.3, -0.25) is 9.69 Å². The van der Waals surface area contributed by atoms with Crippen LogP contribution in [0.2, 0.25) is 0 Å². The Balaban J connectivity index is 1.61. The normalized spacial score (nSPS) is 25.9. The number of hydrogen-bond acceptors (Lipinski definition) is 3. The van der Waals surface area contributed by atoms with Gasteiger partial charge in [0.15, 0.2) is 5.78 Å². The number of halogens is 1. The maximum atomic E-state index is 12.6. The summed E-state index contributed by atoms with van der Waals surface area (Å²) in [6.45, 7) is 4.12. The molecule has 4 heteroatoms. The third-order valence-electron chi connectivity index (χ3n) is 4.87. The Bertz CT molecular complexity index is 696. The van der Waals surface area contributed by atoms with Gasteiger partial charge in [-0.05, 0) is 28.4 Å². The number of hydrogen-bond donors (Lipinski definition) is 0. The van der Waals surface area contributed by atoms with E-state index >= 15 is 0 Å². The number of carbonyl (C=O) groups excluding carboxylic acids is 1. The van der Waals surface area contributed by atoms with Gasteiger partial charge < -0.3 is 0 Å². The van der Waals surface area contributed by atoms with E-state index in [1.165, 1.54) is 10.4 Å². The minimum absolute atomic E-state index is 0.162. The van der Waals surface area contributed by atoms with Gasteiger partial charge in [0.1, 0.15) is 0 Å². The van der Waals surface area contributed by atoms with E-state index in [9.17, 15) is 4.79 Å². The maximum Gasteiger partial charge on any atom is 0.170 e. The monoisotopic (exact) mass is 361 g/mol. The number of fused-ring (bicyclic) bond motifs is 3. The number of Topliss-reactive ketones (excluding diaryl/α,β-unsaturated/α-hetero) is 1. The molecule has 1 aliphatic carbocycles. The number of thiophene rings is 1. The molecule has 3 unspecified atom stereocenters. The van der Waals surface area contributed by atoms with E-state index < -0.39 is 0 Å². The fourth-order valence-corrected chi connectivity index (χ4v) is 5.58. The fourth-order valence-electron chi connectivity index (χ4n) is 3.67. The first-order valence-electron chi connectivity index (χ1n) is 7.27. The summed E-state index contributed by atoms with van der Waals surface area (Å²) in [5.74, 6) is 0.899. The Kier molecular flexibility index (Phi) is 3.28. The van der Waals surface area contributed by atoms with Gasteiger partial charge in [0.25, 0.3) is 0 Å². The van der Waals surface area contributed by atoms with E-state index in [4.69, 9.17) is 0 Å². The van der Waals surface area contributed by atoms with Gasteiger partial charge in [0, 0.05) is 51.3 Å². The summed E-state index contributed by atoms with van der Waals surface area (Å²) >= 11 is 5.26. The van der Waals surface area contributed by atoms with E-state index in [0.717, 1.165) is 23.1 Å². The molecule has 3 atom stereocenters. The summed E-state index contributed by atoms with van der Waals surface area (Å²) < 4.78 is 0.990. The lowest BCUT2D eigenvalue weighted by Crippen LogP contribution is -2.26. The molecule has 2 aliphatic rings. The predicted octanol–water partition coefficient (Wildman–Crippen LogP) is 4.48. The highest BCUT2D eigenvalue weighted by Gasteiger charge is 2.48. The Morgan fingerprint density at radius 2 is 1.95 bits per heavy atom. The first kappa shape index (κ1) is 13.7. The number of rotatable bonds is 2. The number of carbonyl (C=O) groups is 1. The van der Waals surface area contributed by atoms with Crippen molar-refractivity contribution in [2.75, 3.05) is 13.1 Å². The third-order valence-corrected chi connectivity index (χ3v) is 6.92. The van der Waals surface area contributed by atoms with Crippen LogP contribution >= 0.6 is 27.3 Å². The maximum absolute atomic E-state index is 12.6. The number of ketones is 1. The van der Waals surface area contributed by atoms with Crippen LogP contribution in [0.4, 0.5) is 0 Å². The smallest absolute Gasteiger partial charge is 0.170 e. The van der Waals surface area contributed by atoms with Gasteiger partial charge in [-0.1, -0.05) is 30.3 Å². The van der Waals surface area contributed by atoms with Crippen LogP contribution in [0.15, 0.2) is 40.2 Å². The average molecular weight is 362 g/mol. The van der Waals surface area contributed by atoms with Gasteiger partial charge >= 0.3 is 0 Å². The lowest BCUT2D eigenvalue weighted by molar-refractivity contribution is 0.0927. The van der Waals surface area contributed by atoms with E-state index in [2.05, 4.69) is 57.4 Å². The van der Waals surface area contributed by atoms with Crippen LogP contribution in [0.25, 0.3) is 0 Å². The minimum Gasteiger partial charge on any atom is -0.295 e. The van der Waals surface area contributed by atoms with Crippen LogP contribution in [0, 0.1) is 5.92 Å². The lowest BCUT2D eigenvalue weighted by atomic mass is 9.99. The molecule has 2 heterocycles. The zero-order valence-electron chi connectivity index (χ0n) is 11.8. The molecule has 2 nitrogen and oxygen atoms in total. The molecule has 1 aromatic carbocycles. The second-order valence-electron chi connectivity index (χ2n) is 5.94. The summed E-state index contributed by atoms with van der Waals surface area (Å²) in [6, 6.07) is 10.9. The summed E-state index contributed by atoms with van der Waals surface area (Å²) in [5.41, 5.74) is 2.29. The first-order chi connectivity index (χ1) is 10.2. The van der Waals surface area contributed by atoms with Crippen LogP contribution in [0.3, 0.4) is 0 Å². The van der Waals surface area contributed by atoms with Crippen molar-refractivity contribution in [3.63, 3.8) is 0 Å². The van der Waals surface area contributed by atoms with E-state index in [0.29, 0.717) is 17.7 Å². The summed E-state index contributed by atoms with van der Waals surface area (Å²) in [6.07, 6.45) is 0. The lowest BCUT2D eigenvalue weighted by Gasteiger charge is -2.25. The summed E-state index contributed by atoms with van der Waals surface area (Å²) in [5, 5.41) is 2.06. The van der Waals surface area contributed by atoms with Crippen LogP contribution in [0.1, 0.15) is 39.7 Å². The van der Waals surface area contributed by atoms with E-state index in [-0.39, 0.29) is 5.92 Å². The number of benzene rings is 1. The molecule has 108 valence electrons. The second kappa shape index (κ2) is 5.04. The molecule has 1 aromatic heterocycles. The van der Waals surface area contributed by atoms with Crippen LogP contribution in [-0.4, -0.2) is 23.8 Å². The highest BCUT2D eigenvalue weighted by Crippen LogP contribution is 2.49. The molecule has 0 amide bonds. The standard InChI is InChI=1S/C17H16BrNOS/c1-10(11-5-3-2-4-6-11)19-7-12-13(8-19)17-15(16(12)20)14(18)9-21-17/h2-6,9-10,12-13H,7-8H2,1H3. The Hall–Kier alpha value is -0.970. The predicted molar refractivity (Wildman–Crippen MR) is 89.0 cm³/mol. The Morgan fingerprint density at radius 3 is 2.71 bits per heavy atom. The first-order valence-corrected chi connectivity index (χ1v) is 8.94. The zero-order chi connectivity index (χ0) is 14.6. The van der Waals surface area contributed by atoms with Crippen LogP contribution in [0.5, 0.6) is 0 Å². The van der Waals surface area contributed by atoms with Crippen molar-refractivity contribution in [2.45, 2.75) is 18.9 Å². The Labute approximate surface area is 136 Å². The fraction of sp³-hybridized carbons (Fsp3) is 0.353. The number of likely N-dealkylation sites (tertiary alicyclic amines) is 1. The van der Waals surface area contributed by atoms with Crippen molar-refractivity contribution in [2.24, 2.45) is 5.92 Å². The molecule has 2 aromatic rings. The molecular formula is C17H16BrNOS. The molecule has 1 saturated heterocycles. The zero-order valence-corrected chi connectivity index (χ0v) is 14.2. The third kappa shape index (κ3) is 2.04. The van der Waals surface area contributed by atoms with Gasteiger partial charge in [0.05, 0.1) is 0 Å². The molecule has 1 aliphatic heterocycles. The quantitative estimate of drug-likeness (QED) is 0.785. The van der Waals surface area contributed by atoms with Crippen molar-refractivity contribution in [1.29, 1.82) is 0 Å². The SMILES string of the molecule is CC(c1ccccc1)N1CC2C(=O)c3c(Br)csc3C2C1. The van der Waals surface area contributed by atoms with E-state index in [1.54, 1.807) is 11.3 Å². The molecule has 0 bridgehead atoms. The summed E-state index contributed by atoms with van der Waals surface area (Å²) in [4.78, 5) is 16.4. The van der Waals surface area contributed by atoms with Crippen LogP contribution in [-0.2, 0) is 0 Å². The van der Waals surface area contributed by atoms with Crippen molar-refractivity contribution < 1.29 is 4.79 Å². The van der Waals surface area contributed by atoms with Crippen molar-refractivity contribution in [1.82, 2.24) is 4.90 Å². The minimum atomic E-state index is 0.162. The van der Waals surface area contributed by atoms with Crippen molar-refractivity contribution >= 4 is 33.0 Å². The topological polar surface area (TPSA) is 20.3 Å². The van der Waals surface area contributed by atoms with Crippen molar-refractivity contribution in [3.05, 3.63) is 56.2 Å². The van der Waals surface area contributed by atoms with Gasteiger partial charge in [0.2, 0.25) is 0 Å². The molecular weight excluding hydrogens is 346 g/mol. The highest BCUT2D eigenvalue weighted by molar-refractivity contribution is 9.10. The molecule has 0 radical (unpaired) electrons. The molecule has 1 fully saturated rings. The molecule has 4 rings (SSSR count).